The Bertz CT molecular complexity index is 1280. The molecule has 0 aromatic rings. The van der Waals surface area contributed by atoms with Gasteiger partial charge in [-0.25, -0.2) is 4.57 Å². The first-order valence-corrected chi connectivity index (χ1v) is 25.3. The van der Waals surface area contributed by atoms with E-state index in [0.717, 1.165) is 38.5 Å². The summed E-state index contributed by atoms with van der Waals surface area (Å²) < 4.78 is 34.3. The molecule has 0 bridgehead atoms. The van der Waals surface area contributed by atoms with Gasteiger partial charge in [-0.1, -0.05) is 164 Å². The molecule has 0 saturated carbocycles. The topological polar surface area (TPSA) is 129 Å². The first kappa shape index (κ1) is 58.4. The average molecular weight is 879 g/mol. The highest BCUT2D eigenvalue weighted by Gasteiger charge is 2.27. The predicted octanol–water partition coefficient (Wildman–Crippen LogP) is 12.8. The van der Waals surface area contributed by atoms with Gasteiger partial charge in [0, 0.05) is 12.8 Å². The van der Waals surface area contributed by atoms with Crippen molar-refractivity contribution in [2.45, 2.75) is 187 Å². The number of hydrogen-bond acceptors (Lipinski definition) is 8. The van der Waals surface area contributed by atoms with Gasteiger partial charge in [0.05, 0.1) is 33.9 Å². The Hall–Kier alpha value is -2.59. The first-order valence-electron chi connectivity index (χ1n) is 23.8. The van der Waals surface area contributed by atoms with Crippen molar-refractivity contribution >= 4 is 19.8 Å². The highest BCUT2D eigenvalue weighted by Crippen LogP contribution is 2.43. The Morgan fingerprint density at radius 1 is 0.607 bits per heavy atom. The second kappa shape index (κ2) is 41.4. The lowest BCUT2D eigenvalue weighted by atomic mass is 10.1. The van der Waals surface area contributed by atoms with Crippen LogP contribution in [0.3, 0.4) is 0 Å². The van der Waals surface area contributed by atoms with Gasteiger partial charge in [0.15, 0.2) is 6.10 Å². The molecule has 352 valence electrons. The molecule has 61 heavy (non-hydrogen) atoms. The largest absolute Gasteiger partial charge is 0.472 e. The van der Waals surface area contributed by atoms with Crippen LogP contribution < -0.4 is 0 Å². The van der Waals surface area contributed by atoms with Crippen molar-refractivity contribution in [1.82, 2.24) is 0 Å². The molecule has 11 heteroatoms. The molecule has 0 rings (SSSR count). The molecular weight excluding hydrogens is 790 g/mol. The fraction of sp³-hybridized carbons (Fsp3) is 0.720. The Labute approximate surface area is 372 Å². The number of hydrogen-bond donors (Lipinski definition) is 2. The second-order valence-electron chi connectivity index (χ2n) is 17.0. The number of aliphatic hydroxyl groups excluding tert-OH is 1. The average Bonchev–Trinajstić information content (AvgIpc) is 3.21. The van der Waals surface area contributed by atoms with Crippen LogP contribution in [-0.4, -0.2) is 86.1 Å². The number of aliphatic hydroxyl groups is 1. The van der Waals surface area contributed by atoms with Crippen molar-refractivity contribution in [2.24, 2.45) is 0 Å². The molecule has 0 saturated heterocycles. The molecule has 3 atom stereocenters. The zero-order chi connectivity index (χ0) is 45.1. The van der Waals surface area contributed by atoms with Gasteiger partial charge in [0.1, 0.15) is 19.8 Å². The van der Waals surface area contributed by atoms with E-state index in [4.69, 9.17) is 18.5 Å². The van der Waals surface area contributed by atoms with Crippen molar-refractivity contribution in [3.05, 3.63) is 72.9 Å². The summed E-state index contributed by atoms with van der Waals surface area (Å²) in [5.74, 6) is -0.911. The summed E-state index contributed by atoms with van der Waals surface area (Å²) in [4.78, 5) is 35.4. The van der Waals surface area contributed by atoms with Crippen molar-refractivity contribution in [1.29, 1.82) is 0 Å². The quantitative estimate of drug-likeness (QED) is 0.0154. The molecule has 0 amide bonds. The molecule has 0 aromatic heterocycles. The monoisotopic (exact) mass is 879 g/mol. The molecule has 0 spiro atoms. The number of phosphoric acid groups is 1. The van der Waals surface area contributed by atoms with Crippen LogP contribution in [0.1, 0.15) is 174 Å². The minimum Gasteiger partial charge on any atom is -0.462 e. The highest BCUT2D eigenvalue weighted by molar-refractivity contribution is 7.47. The molecule has 0 fully saturated rings. The van der Waals surface area contributed by atoms with Gasteiger partial charge >= 0.3 is 19.8 Å². The van der Waals surface area contributed by atoms with Gasteiger partial charge in [-0.3, -0.25) is 18.6 Å². The fourth-order valence-electron chi connectivity index (χ4n) is 6.07. The van der Waals surface area contributed by atoms with Gasteiger partial charge in [0.2, 0.25) is 0 Å². The number of phosphoric ester groups is 1. The zero-order valence-electron chi connectivity index (χ0n) is 39.2. The van der Waals surface area contributed by atoms with Crippen LogP contribution >= 0.6 is 7.82 Å². The van der Waals surface area contributed by atoms with Gasteiger partial charge < -0.3 is 24.0 Å². The Kier molecular flexibility index (Phi) is 39.7. The van der Waals surface area contributed by atoms with Crippen LogP contribution in [0, 0.1) is 0 Å². The lowest BCUT2D eigenvalue weighted by molar-refractivity contribution is -0.870. The van der Waals surface area contributed by atoms with E-state index in [1.54, 1.807) is 6.08 Å². The Balaban J connectivity index is 4.46. The molecule has 0 aliphatic carbocycles. The molecule has 0 radical (unpaired) electrons. The third-order valence-electron chi connectivity index (χ3n) is 9.80. The van der Waals surface area contributed by atoms with Crippen LogP contribution in [0.5, 0.6) is 0 Å². The summed E-state index contributed by atoms with van der Waals surface area (Å²) in [6.45, 7) is 4.14. The number of allylic oxidation sites excluding steroid dienone is 10. The van der Waals surface area contributed by atoms with Crippen LogP contribution in [0.15, 0.2) is 72.9 Å². The number of carbonyl (C=O) groups excluding carboxylic acids is 2. The molecule has 0 aromatic carbocycles. The maximum Gasteiger partial charge on any atom is 0.472 e. The Morgan fingerprint density at radius 3 is 1.79 bits per heavy atom. The molecule has 2 unspecified atom stereocenters. The number of esters is 2. The van der Waals surface area contributed by atoms with E-state index in [1.807, 2.05) is 57.6 Å². The SMILES string of the molecule is CC/C=C\C/C=C\CC(O)/C=C/C=C\C/C=C\CCCC(=O)OC[C@H](COP(=O)(O)OCC[N+](C)(C)C)OC(=O)CCCCCCCCCCC/C=C\CCCCCCCC. The van der Waals surface area contributed by atoms with Gasteiger partial charge in [0.25, 0.3) is 0 Å². The first-order chi connectivity index (χ1) is 29.4. The summed E-state index contributed by atoms with van der Waals surface area (Å²) in [6, 6.07) is 0. The maximum absolute atomic E-state index is 12.7. The predicted molar refractivity (Wildman–Crippen MR) is 253 cm³/mol. The normalized spacial score (nSPS) is 14.7. The number of nitrogens with zero attached hydrogens (tertiary/aromatic N) is 1. The summed E-state index contributed by atoms with van der Waals surface area (Å²) in [5, 5.41) is 10.0. The lowest BCUT2D eigenvalue weighted by Crippen LogP contribution is -2.37. The number of unbranched alkanes of at least 4 members (excludes halogenated alkanes) is 16. The minimum atomic E-state index is -4.41. The number of carbonyl (C=O) groups is 2. The van der Waals surface area contributed by atoms with Crippen molar-refractivity contribution in [2.75, 3.05) is 47.5 Å². The number of ether oxygens (including phenoxy) is 2. The summed E-state index contributed by atoms with van der Waals surface area (Å²) in [7, 11) is 1.40. The van der Waals surface area contributed by atoms with Gasteiger partial charge in [-0.2, -0.15) is 0 Å². The standard InChI is InChI=1S/C50H88NO9P/c1-6-8-10-12-14-15-16-17-18-19-20-21-22-23-24-25-30-34-38-42-50(54)60-48(46-59-61(55,56)58-44-43-51(3,4)5)45-57-49(53)41-37-33-29-27-26-28-32-36-40-47(52)39-35-31-13-11-9-7-2/h9,11,17-18,27-29,31-32,35-36,40,47-48,52H,6-8,10,12-16,19-26,30,33-34,37-39,41-46H2,1-5H3/p+1/b11-9-,18-17-,29-27-,32-28-,35-31-,40-36+/t47?,48-/m1/s1. The van der Waals surface area contributed by atoms with E-state index in [-0.39, 0.29) is 26.1 Å². The lowest BCUT2D eigenvalue weighted by Gasteiger charge is -2.24. The Morgan fingerprint density at radius 2 is 1.15 bits per heavy atom. The van der Waals surface area contributed by atoms with Crippen molar-refractivity contribution in [3.8, 4) is 0 Å². The molecular formula is C50H89NO9P+. The molecule has 10 nitrogen and oxygen atoms in total. The second-order valence-corrected chi connectivity index (χ2v) is 18.4. The highest BCUT2D eigenvalue weighted by atomic mass is 31.2. The van der Waals surface area contributed by atoms with E-state index in [1.165, 1.54) is 83.5 Å². The fourth-order valence-corrected chi connectivity index (χ4v) is 6.81. The summed E-state index contributed by atoms with van der Waals surface area (Å²) >= 11 is 0. The van der Waals surface area contributed by atoms with Crippen LogP contribution in [0.2, 0.25) is 0 Å². The third-order valence-corrected chi connectivity index (χ3v) is 10.8. The van der Waals surface area contributed by atoms with E-state index >= 15 is 0 Å². The molecule has 0 aliphatic heterocycles. The number of likely N-dealkylation sites (N-methyl/N-ethyl adjacent to an activating group) is 1. The van der Waals surface area contributed by atoms with E-state index in [0.29, 0.717) is 36.7 Å². The van der Waals surface area contributed by atoms with E-state index in [9.17, 15) is 24.2 Å². The van der Waals surface area contributed by atoms with Crippen LogP contribution in [-0.2, 0) is 32.7 Å². The maximum atomic E-state index is 12.7. The zero-order valence-corrected chi connectivity index (χ0v) is 40.1. The third kappa shape index (κ3) is 45.3. The molecule has 0 heterocycles. The van der Waals surface area contributed by atoms with Crippen molar-refractivity contribution < 1.29 is 47.2 Å². The number of quaternary nitrogens is 1. The molecule has 0 aliphatic rings. The van der Waals surface area contributed by atoms with Crippen molar-refractivity contribution in [3.63, 3.8) is 0 Å². The summed E-state index contributed by atoms with van der Waals surface area (Å²) in [6.07, 6.45) is 48.4. The van der Waals surface area contributed by atoms with Gasteiger partial charge in [-0.05, 0) is 70.6 Å². The smallest absolute Gasteiger partial charge is 0.462 e. The molecule has 2 N–H and O–H groups in total. The van der Waals surface area contributed by atoms with E-state index < -0.39 is 38.6 Å². The van der Waals surface area contributed by atoms with E-state index in [2.05, 4.69) is 44.2 Å². The minimum absolute atomic E-state index is 0.00937. The van der Waals surface area contributed by atoms with Crippen LogP contribution in [0.4, 0.5) is 0 Å². The summed E-state index contributed by atoms with van der Waals surface area (Å²) in [5.41, 5.74) is 0. The number of rotatable bonds is 42. The van der Waals surface area contributed by atoms with Crippen LogP contribution in [0.25, 0.3) is 0 Å². The van der Waals surface area contributed by atoms with Gasteiger partial charge in [-0.15, -0.1) is 0 Å².